The zero-order chi connectivity index (χ0) is 18.0. The number of aromatic nitrogens is 2. The van der Waals surface area contributed by atoms with Gasteiger partial charge in [-0.25, -0.2) is 0 Å². The molecule has 7 nitrogen and oxygen atoms in total. The van der Waals surface area contributed by atoms with E-state index in [4.69, 9.17) is 0 Å². The molecule has 0 spiro atoms. The first kappa shape index (κ1) is 16.4. The lowest BCUT2D eigenvalue weighted by molar-refractivity contribution is 0.0938. The number of carbonyl (C=O) groups is 1. The molecule has 2 N–H and O–H groups in total. The van der Waals surface area contributed by atoms with Gasteiger partial charge < -0.3 is 5.11 Å². The number of carbonyl (C=O) groups excluding carboxylic acids is 1. The largest absolute Gasteiger partial charge is 0.507 e. The quantitative estimate of drug-likeness (QED) is 0.715. The van der Waals surface area contributed by atoms with Crippen molar-refractivity contribution in [3.63, 3.8) is 0 Å². The van der Waals surface area contributed by atoms with Crippen molar-refractivity contribution in [3.05, 3.63) is 75.7 Å². The summed E-state index contributed by atoms with van der Waals surface area (Å²) in [5.41, 5.74) is 1.42. The van der Waals surface area contributed by atoms with Crippen molar-refractivity contribution in [2.45, 2.75) is 13.8 Å². The van der Waals surface area contributed by atoms with Crippen LogP contribution >= 0.6 is 0 Å². The fraction of sp³-hybridized carbons (Fsp3) is 0.111. The number of hydrogen-bond acceptors (Lipinski definition) is 5. The monoisotopic (exact) mass is 336 g/mol. The van der Waals surface area contributed by atoms with E-state index in [-0.39, 0.29) is 17.0 Å². The molecule has 0 aliphatic heterocycles. The Labute approximate surface area is 143 Å². The Morgan fingerprint density at radius 1 is 1.04 bits per heavy atom. The van der Waals surface area contributed by atoms with E-state index in [1.54, 1.807) is 25.1 Å². The molecule has 0 radical (unpaired) electrons. The highest BCUT2D eigenvalue weighted by Crippen LogP contribution is 2.22. The second-order valence-corrected chi connectivity index (χ2v) is 5.53. The first-order valence-corrected chi connectivity index (χ1v) is 7.60. The molecule has 0 atom stereocenters. The molecule has 0 saturated heterocycles. The maximum Gasteiger partial charge on any atom is 0.302 e. The number of aromatic hydroxyl groups is 1. The summed E-state index contributed by atoms with van der Waals surface area (Å²) in [6, 6.07) is 13.4. The smallest absolute Gasteiger partial charge is 0.302 e. The number of para-hydroxylation sites is 1. The molecule has 0 unspecified atom stereocenters. The summed E-state index contributed by atoms with van der Waals surface area (Å²) in [5, 5.41) is 20.6. The summed E-state index contributed by atoms with van der Waals surface area (Å²) in [7, 11) is 0. The summed E-state index contributed by atoms with van der Waals surface area (Å²) in [4.78, 5) is 25.0. The van der Waals surface area contributed by atoms with Crippen molar-refractivity contribution < 1.29 is 9.90 Å². The third-order valence-electron chi connectivity index (χ3n) is 3.75. The number of hydrogen-bond donors (Lipinski definition) is 2. The van der Waals surface area contributed by atoms with Gasteiger partial charge in [-0.2, -0.15) is 9.80 Å². The predicted octanol–water partition coefficient (Wildman–Crippen LogP) is 3.60. The van der Waals surface area contributed by atoms with Gasteiger partial charge in [0.15, 0.2) is 5.69 Å². The van der Waals surface area contributed by atoms with Crippen molar-refractivity contribution >= 4 is 17.3 Å². The van der Waals surface area contributed by atoms with Crippen molar-refractivity contribution in [3.8, 4) is 5.75 Å². The van der Waals surface area contributed by atoms with E-state index in [1.165, 1.54) is 12.1 Å². The molecule has 0 amide bonds. The van der Waals surface area contributed by atoms with E-state index in [9.17, 15) is 14.7 Å². The number of phenolic OH excluding ortho intramolecular Hbond substituents is 1. The second kappa shape index (κ2) is 6.56. The van der Waals surface area contributed by atoms with E-state index in [1.807, 2.05) is 25.1 Å². The van der Waals surface area contributed by atoms with Crippen LogP contribution in [0.15, 0.2) is 63.6 Å². The predicted molar refractivity (Wildman–Crippen MR) is 93.0 cm³/mol. The molecule has 126 valence electrons. The van der Waals surface area contributed by atoms with Crippen LogP contribution in [0, 0.1) is 13.8 Å². The molecule has 0 saturated carbocycles. The van der Waals surface area contributed by atoms with E-state index in [0.717, 1.165) is 10.2 Å². The first-order valence-electron chi connectivity index (χ1n) is 7.60. The summed E-state index contributed by atoms with van der Waals surface area (Å²) in [5.74, 6) is -0.863. The average molecular weight is 336 g/mol. The Morgan fingerprint density at radius 3 is 2.44 bits per heavy atom. The van der Waals surface area contributed by atoms with Crippen molar-refractivity contribution in [1.82, 2.24) is 9.78 Å². The number of phenols is 1. The molecule has 1 heterocycles. The molecule has 0 bridgehead atoms. The Kier molecular flexibility index (Phi) is 4.30. The fourth-order valence-corrected chi connectivity index (χ4v) is 2.35. The third-order valence-corrected chi connectivity index (χ3v) is 3.75. The molecular formula is C18H16N4O3. The van der Waals surface area contributed by atoms with E-state index >= 15 is 0 Å². The lowest BCUT2D eigenvalue weighted by atomic mass is 10.2. The van der Waals surface area contributed by atoms with Crippen LogP contribution in [0.1, 0.15) is 21.6 Å². The number of H-pyrrole nitrogens is 1. The number of aromatic amines is 1. The maximum atomic E-state index is 12.5. The Hall–Kier alpha value is -3.48. The highest BCUT2D eigenvalue weighted by molar-refractivity contribution is 5.98. The molecule has 2 aromatic carbocycles. The highest BCUT2D eigenvalue weighted by Gasteiger charge is 2.19. The summed E-state index contributed by atoms with van der Waals surface area (Å²) < 4.78 is 0.816. The molecule has 3 aromatic rings. The van der Waals surface area contributed by atoms with Gasteiger partial charge in [-0.15, -0.1) is 5.11 Å². The number of nitrogens with one attached hydrogen (secondary N) is 1. The van der Waals surface area contributed by atoms with Gasteiger partial charge in [0.2, 0.25) is 0 Å². The van der Waals surface area contributed by atoms with Gasteiger partial charge in [-0.3, -0.25) is 14.7 Å². The van der Waals surface area contributed by atoms with Crippen LogP contribution in [0.25, 0.3) is 0 Å². The van der Waals surface area contributed by atoms with Crippen LogP contribution < -0.4 is 5.56 Å². The topological polar surface area (TPSA) is 99.8 Å². The van der Waals surface area contributed by atoms with Crippen molar-refractivity contribution in [1.29, 1.82) is 0 Å². The molecule has 3 rings (SSSR count). The molecule has 0 fully saturated rings. The third kappa shape index (κ3) is 3.12. The Balaban J connectivity index is 2.00. The zero-order valence-electron chi connectivity index (χ0n) is 13.7. The number of benzene rings is 2. The van der Waals surface area contributed by atoms with Crippen LogP contribution in [0.2, 0.25) is 0 Å². The summed E-state index contributed by atoms with van der Waals surface area (Å²) >= 11 is 0. The van der Waals surface area contributed by atoms with Gasteiger partial charge in [-0.1, -0.05) is 30.3 Å². The normalized spacial score (nSPS) is 11.1. The van der Waals surface area contributed by atoms with Gasteiger partial charge in [0.25, 0.3) is 5.91 Å². The average Bonchev–Trinajstić information content (AvgIpc) is 2.88. The van der Waals surface area contributed by atoms with Crippen molar-refractivity contribution in [2.75, 3.05) is 0 Å². The molecular weight excluding hydrogens is 320 g/mol. The Morgan fingerprint density at radius 2 is 1.72 bits per heavy atom. The van der Waals surface area contributed by atoms with Gasteiger partial charge in [0, 0.05) is 0 Å². The van der Waals surface area contributed by atoms with E-state index < -0.39 is 11.5 Å². The van der Waals surface area contributed by atoms with E-state index in [0.29, 0.717) is 11.4 Å². The van der Waals surface area contributed by atoms with Crippen LogP contribution in [0.3, 0.4) is 0 Å². The molecule has 0 aliphatic rings. The lowest BCUT2D eigenvalue weighted by Gasteiger charge is -2.02. The molecule has 0 aliphatic carbocycles. The van der Waals surface area contributed by atoms with Crippen molar-refractivity contribution in [2.24, 2.45) is 10.2 Å². The maximum absolute atomic E-state index is 12.5. The minimum atomic E-state index is -0.663. The number of nitrogens with zero attached hydrogens (tertiary/aromatic N) is 3. The van der Waals surface area contributed by atoms with Gasteiger partial charge in [0.1, 0.15) is 5.75 Å². The standard InChI is InChI=1S/C18H16N4O3/c1-11-7-3-5-9-14(11)19-20-16-12(2)21-22(18(16)25)17(24)13-8-4-6-10-15(13)23/h3-10,21,23H,1-2H3. The Bertz CT molecular complexity index is 1030. The van der Waals surface area contributed by atoms with Crippen LogP contribution in [-0.2, 0) is 0 Å². The van der Waals surface area contributed by atoms with E-state index in [2.05, 4.69) is 15.3 Å². The number of azo groups is 1. The number of aryl methyl sites for hydroxylation is 2. The SMILES string of the molecule is Cc1ccccc1N=Nc1c(C)[nH]n(C(=O)c2ccccc2O)c1=O. The first-order chi connectivity index (χ1) is 12.0. The van der Waals surface area contributed by atoms with Gasteiger partial charge in [-0.05, 0) is 37.6 Å². The minimum Gasteiger partial charge on any atom is -0.507 e. The zero-order valence-corrected chi connectivity index (χ0v) is 13.7. The van der Waals surface area contributed by atoms with Crippen LogP contribution in [0.5, 0.6) is 5.75 Å². The fourth-order valence-electron chi connectivity index (χ4n) is 2.35. The lowest BCUT2D eigenvalue weighted by Crippen LogP contribution is -2.25. The second-order valence-electron chi connectivity index (χ2n) is 5.53. The summed E-state index contributed by atoms with van der Waals surface area (Å²) in [6.45, 7) is 3.51. The molecule has 1 aromatic heterocycles. The minimum absolute atomic E-state index is 0.0215. The summed E-state index contributed by atoms with van der Waals surface area (Å²) in [6.07, 6.45) is 0. The molecule has 7 heteroatoms. The number of rotatable bonds is 3. The van der Waals surface area contributed by atoms with Gasteiger partial charge in [0.05, 0.1) is 16.9 Å². The van der Waals surface area contributed by atoms with Crippen LogP contribution in [0.4, 0.5) is 11.4 Å². The highest BCUT2D eigenvalue weighted by atomic mass is 16.3. The van der Waals surface area contributed by atoms with Gasteiger partial charge >= 0.3 is 5.56 Å². The van der Waals surface area contributed by atoms with Crippen LogP contribution in [-0.4, -0.2) is 20.8 Å². The molecule has 25 heavy (non-hydrogen) atoms.